The van der Waals surface area contributed by atoms with Crippen LogP contribution in [0.4, 0.5) is 0 Å². The zero-order valence-electron chi connectivity index (χ0n) is 8.95. The summed E-state index contributed by atoms with van der Waals surface area (Å²) < 4.78 is 0. The van der Waals surface area contributed by atoms with Gasteiger partial charge in [0.25, 0.3) is 0 Å². The van der Waals surface area contributed by atoms with E-state index < -0.39 is 12.0 Å². The number of carbonyl (C=O) groups excluding carboxylic acids is 2. The first-order chi connectivity index (χ1) is 7.04. The highest BCUT2D eigenvalue weighted by Crippen LogP contribution is 2.08. The average Bonchev–Trinajstić information content (AvgIpc) is 2.15. The van der Waals surface area contributed by atoms with Gasteiger partial charge in [-0.3, -0.25) is 9.59 Å². The molecule has 0 saturated carbocycles. The molecule has 5 N–H and O–H groups in total. The summed E-state index contributed by atoms with van der Waals surface area (Å²) in [7, 11) is 0. The minimum Gasteiger partial charge on any atom is -0.383 e. The van der Waals surface area contributed by atoms with Gasteiger partial charge in [0.2, 0.25) is 11.8 Å². The van der Waals surface area contributed by atoms with Gasteiger partial charge >= 0.3 is 0 Å². The normalized spacial score (nSPS) is 12.3. The van der Waals surface area contributed by atoms with Gasteiger partial charge in [-0.25, -0.2) is 0 Å². The lowest BCUT2D eigenvalue weighted by atomic mass is 10.1. The van der Waals surface area contributed by atoms with Crippen LogP contribution in [0, 0.1) is 0 Å². The molecule has 0 aromatic heterocycles. The number of primary amides is 2. The number of aliphatic hydroxyl groups is 1. The maximum atomic E-state index is 10.5. The van der Waals surface area contributed by atoms with Crippen molar-refractivity contribution in [2.75, 3.05) is 0 Å². The molecule has 0 aliphatic rings. The van der Waals surface area contributed by atoms with Crippen LogP contribution in [0.3, 0.4) is 0 Å². The summed E-state index contributed by atoms with van der Waals surface area (Å²) in [6, 6.07) is 0. The predicted octanol–water partition coefficient (Wildman–Crippen LogP) is 0.0486. The molecular formula is C10H20N2O3. The Labute approximate surface area is 89.8 Å². The number of carbonyl (C=O) groups is 2. The Kier molecular flexibility index (Phi) is 7.62. The molecule has 1 unspecified atom stereocenters. The molecular weight excluding hydrogens is 196 g/mol. The molecule has 0 heterocycles. The Balaban J connectivity index is 3.18. The highest BCUT2D eigenvalue weighted by atomic mass is 16.3. The van der Waals surface area contributed by atoms with Gasteiger partial charge in [0, 0.05) is 6.42 Å². The van der Waals surface area contributed by atoms with Crippen LogP contribution in [0.15, 0.2) is 0 Å². The number of amides is 2. The predicted molar refractivity (Wildman–Crippen MR) is 56.7 cm³/mol. The largest absolute Gasteiger partial charge is 0.383 e. The summed E-state index contributed by atoms with van der Waals surface area (Å²) in [6.07, 6.45) is 4.30. The van der Waals surface area contributed by atoms with Crippen LogP contribution in [0.2, 0.25) is 0 Å². The molecule has 0 fully saturated rings. The summed E-state index contributed by atoms with van der Waals surface area (Å²) >= 11 is 0. The number of hydrogen-bond acceptors (Lipinski definition) is 3. The second kappa shape index (κ2) is 8.23. The van der Waals surface area contributed by atoms with E-state index in [4.69, 9.17) is 16.6 Å². The maximum absolute atomic E-state index is 10.5. The number of unbranched alkanes of at least 4 members (excludes halogenated alkanes) is 4. The Morgan fingerprint density at radius 2 is 1.53 bits per heavy atom. The van der Waals surface area contributed by atoms with Crippen LogP contribution >= 0.6 is 0 Å². The molecule has 0 saturated heterocycles. The number of aliphatic hydroxyl groups excluding tert-OH is 1. The second-order valence-electron chi connectivity index (χ2n) is 3.69. The summed E-state index contributed by atoms with van der Waals surface area (Å²) in [5.41, 5.74) is 9.87. The average molecular weight is 216 g/mol. The first-order valence-corrected chi connectivity index (χ1v) is 5.29. The van der Waals surface area contributed by atoms with Crippen molar-refractivity contribution in [2.45, 2.75) is 51.0 Å². The van der Waals surface area contributed by atoms with Crippen molar-refractivity contribution < 1.29 is 14.7 Å². The molecule has 0 rings (SSSR count). The van der Waals surface area contributed by atoms with Crippen molar-refractivity contribution in [1.82, 2.24) is 0 Å². The fourth-order valence-electron chi connectivity index (χ4n) is 1.31. The highest BCUT2D eigenvalue weighted by molar-refractivity contribution is 5.78. The van der Waals surface area contributed by atoms with E-state index in [1.807, 2.05) is 0 Å². The molecule has 0 bridgehead atoms. The number of hydrogen-bond donors (Lipinski definition) is 3. The summed E-state index contributed by atoms with van der Waals surface area (Å²) in [6.45, 7) is 0. The Hall–Kier alpha value is -1.10. The fourth-order valence-corrected chi connectivity index (χ4v) is 1.31. The van der Waals surface area contributed by atoms with E-state index in [1.165, 1.54) is 0 Å². The molecule has 0 aromatic carbocycles. The van der Waals surface area contributed by atoms with Gasteiger partial charge in [-0.05, 0) is 12.8 Å². The minimum absolute atomic E-state index is 0.265. The van der Waals surface area contributed by atoms with Crippen LogP contribution < -0.4 is 11.5 Å². The van der Waals surface area contributed by atoms with Gasteiger partial charge in [0.15, 0.2) is 0 Å². The van der Waals surface area contributed by atoms with E-state index in [1.54, 1.807) is 0 Å². The minimum atomic E-state index is -1.02. The fraction of sp³-hybridized carbons (Fsp3) is 0.800. The van der Waals surface area contributed by atoms with Gasteiger partial charge in [0.05, 0.1) is 0 Å². The zero-order valence-corrected chi connectivity index (χ0v) is 8.95. The van der Waals surface area contributed by atoms with Crippen molar-refractivity contribution in [2.24, 2.45) is 11.5 Å². The smallest absolute Gasteiger partial charge is 0.246 e. The van der Waals surface area contributed by atoms with E-state index in [9.17, 15) is 9.59 Å². The molecule has 5 nitrogen and oxygen atoms in total. The molecule has 1 atom stereocenters. The first-order valence-electron chi connectivity index (χ1n) is 5.29. The number of rotatable bonds is 9. The van der Waals surface area contributed by atoms with E-state index in [2.05, 4.69) is 0 Å². The first kappa shape index (κ1) is 13.9. The molecule has 0 spiro atoms. The quantitative estimate of drug-likeness (QED) is 0.474. The van der Waals surface area contributed by atoms with Crippen molar-refractivity contribution in [1.29, 1.82) is 0 Å². The van der Waals surface area contributed by atoms with Crippen molar-refractivity contribution >= 4 is 11.8 Å². The zero-order chi connectivity index (χ0) is 11.7. The van der Waals surface area contributed by atoms with Crippen molar-refractivity contribution in [3.8, 4) is 0 Å². The van der Waals surface area contributed by atoms with E-state index in [0.717, 1.165) is 32.1 Å². The lowest BCUT2D eigenvalue weighted by molar-refractivity contribution is -0.126. The standard InChI is InChI=1S/C10H20N2O3/c11-9(14)7-5-3-1-2-4-6-8(13)10(12)15/h8,13H,1-7H2,(H2,11,14)(H2,12,15). The SMILES string of the molecule is NC(=O)CCCCCCCC(O)C(N)=O. The Bertz CT molecular complexity index is 207. The summed E-state index contributed by atoms with van der Waals surface area (Å²) in [5.74, 6) is -0.928. The van der Waals surface area contributed by atoms with E-state index in [0.29, 0.717) is 12.8 Å². The Morgan fingerprint density at radius 1 is 1.00 bits per heavy atom. The van der Waals surface area contributed by atoms with Crippen LogP contribution in [0.5, 0.6) is 0 Å². The molecule has 2 amide bonds. The van der Waals surface area contributed by atoms with Gasteiger partial charge in [-0.15, -0.1) is 0 Å². The molecule has 0 aromatic rings. The van der Waals surface area contributed by atoms with E-state index in [-0.39, 0.29) is 5.91 Å². The lowest BCUT2D eigenvalue weighted by Crippen LogP contribution is -2.27. The third-order valence-corrected chi connectivity index (χ3v) is 2.23. The van der Waals surface area contributed by atoms with Gasteiger partial charge in [-0.2, -0.15) is 0 Å². The van der Waals surface area contributed by atoms with Gasteiger partial charge in [0.1, 0.15) is 6.10 Å². The Morgan fingerprint density at radius 3 is 2.07 bits per heavy atom. The van der Waals surface area contributed by atoms with Crippen LogP contribution in [0.25, 0.3) is 0 Å². The molecule has 88 valence electrons. The lowest BCUT2D eigenvalue weighted by Gasteiger charge is -2.05. The molecule has 0 aliphatic heterocycles. The van der Waals surface area contributed by atoms with Crippen LogP contribution in [0.1, 0.15) is 44.9 Å². The third kappa shape index (κ3) is 9.21. The van der Waals surface area contributed by atoms with Gasteiger partial charge in [-0.1, -0.05) is 25.7 Å². The number of nitrogens with two attached hydrogens (primary N) is 2. The molecule has 5 heteroatoms. The molecule has 0 aliphatic carbocycles. The molecule has 0 radical (unpaired) electrons. The summed E-state index contributed by atoms with van der Waals surface area (Å²) in [4.78, 5) is 20.9. The van der Waals surface area contributed by atoms with Crippen molar-refractivity contribution in [3.63, 3.8) is 0 Å². The maximum Gasteiger partial charge on any atom is 0.246 e. The third-order valence-electron chi connectivity index (χ3n) is 2.23. The highest BCUT2D eigenvalue weighted by Gasteiger charge is 2.09. The summed E-state index contributed by atoms with van der Waals surface area (Å²) in [5, 5.41) is 9.07. The van der Waals surface area contributed by atoms with Gasteiger partial charge < -0.3 is 16.6 Å². The van der Waals surface area contributed by atoms with Crippen LogP contribution in [-0.2, 0) is 9.59 Å². The van der Waals surface area contributed by atoms with E-state index >= 15 is 0 Å². The second-order valence-corrected chi connectivity index (χ2v) is 3.69. The van der Waals surface area contributed by atoms with Crippen LogP contribution in [-0.4, -0.2) is 23.0 Å². The monoisotopic (exact) mass is 216 g/mol. The van der Waals surface area contributed by atoms with Crippen molar-refractivity contribution in [3.05, 3.63) is 0 Å². The molecule has 15 heavy (non-hydrogen) atoms. The topological polar surface area (TPSA) is 106 Å².